The van der Waals surface area contributed by atoms with Gasteiger partial charge in [0, 0.05) is 33.4 Å². The standard InChI is InChI=1S/C22H21NO4S/c1-22(2,3)18(24)11-28-12-19(25)23-13-8-9-16-17(10-13)21(27)15-7-5-4-6-14(15)20(16)26/h4-10H,11-12H2,1-3H3,(H,23,25). The number of hydrogen-bond donors (Lipinski definition) is 1. The van der Waals surface area contributed by atoms with Crippen molar-refractivity contribution < 1.29 is 19.2 Å². The first-order valence-electron chi connectivity index (χ1n) is 8.92. The summed E-state index contributed by atoms with van der Waals surface area (Å²) in [6.45, 7) is 5.54. The molecule has 2 aromatic rings. The molecule has 3 rings (SSSR count). The highest BCUT2D eigenvalue weighted by Crippen LogP contribution is 2.29. The van der Waals surface area contributed by atoms with Crippen LogP contribution in [0.4, 0.5) is 5.69 Å². The maximum absolute atomic E-state index is 12.7. The van der Waals surface area contributed by atoms with E-state index in [4.69, 9.17) is 0 Å². The number of amides is 1. The molecule has 0 saturated carbocycles. The summed E-state index contributed by atoms with van der Waals surface area (Å²) >= 11 is 1.25. The summed E-state index contributed by atoms with van der Waals surface area (Å²) in [6, 6.07) is 11.4. The second-order valence-electron chi connectivity index (χ2n) is 7.68. The maximum atomic E-state index is 12.7. The largest absolute Gasteiger partial charge is 0.325 e. The van der Waals surface area contributed by atoms with E-state index in [1.807, 2.05) is 20.8 Å². The van der Waals surface area contributed by atoms with Crippen LogP contribution in [0.3, 0.4) is 0 Å². The van der Waals surface area contributed by atoms with Gasteiger partial charge in [0.2, 0.25) is 5.91 Å². The van der Waals surface area contributed by atoms with Crippen molar-refractivity contribution in [3.63, 3.8) is 0 Å². The van der Waals surface area contributed by atoms with Crippen LogP contribution in [-0.2, 0) is 9.59 Å². The third kappa shape index (κ3) is 4.07. The topological polar surface area (TPSA) is 80.3 Å². The molecule has 2 aromatic carbocycles. The molecule has 0 heterocycles. The van der Waals surface area contributed by atoms with Gasteiger partial charge >= 0.3 is 0 Å². The van der Waals surface area contributed by atoms with Crippen molar-refractivity contribution in [2.45, 2.75) is 20.8 Å². The van der Waals surface area contributed by atoms with E-state index in [2.05, 4.69) is 5.32 Å². The molecule has 1 aliphatic rings. The molecule has 0 unspecified atom stereocenters. The van der Waals surface area contributed by atoms with Crippen molar-refractivity contribution >= 4 is 40.7 Å². The van der Waals surface area contributed by atoms with E-state index in [1.54, 1.807) is 36.4 Å². The third-order valence-corrected chi connectivity index (χ3v) is 5.44. The third-order valence-electron chi connectivity index (χ3n) is 4.51. The molecule has 144 valence electrons. The van der Waals surface area contributed by atoms with Crippen molar-refractivity contribution in [1.29, 1.82) is 0 Å². The van der Waals surface area contributed by atoms with Crippen molar-refractivity contribution in [3.05, 3.63) is 64.7 Å². The van der Waals surface area contributed by atoms with Crippen LogP contribution in [0.1, 0.15) is 52.6 Å². The van der Waals surface area contributed by atoms with E-state index in [-0.39, 0.29) is 40.3 Å². The van der Waals surface area contributed by atoms with E-state index in [9.17, 15) is 19.2 Å². The number of benzene rings is 2. The van der Waals surface area contributed by atoms with Gasteiger partial charge in [-0.05, 0) is 18.2 Å². The molecule has 0 aliphatic heterocycles. The zero-order chi connectivity index (χ0) is 20.5. The summed E-state index contributed by atoms with van der Waals surface area (Å²) in [7, 11) is 0. The predicted octanol–water partition coefficient (Wildman–Crippen LogP) is 3.75. The zero-order valence-electron chi connectivity index (χ0n) is 16.0. The molecule has 28 heavy (non-hydrogen) atoms. The summed E-state index contributed by atoms with van der Waals surface area (Å²) in [5, 5.41) is 2.73. The summed E-state index contributed by atoms with van der Waals surface area (Å²) in [5.74, 6) is -0.200. The molecule has 1 N–H and O–H groups in total. The minimum absolute atomic E-state index is 0.0851. The fourth-order valence-electron chi connectivity index (χ4n) is 2.83. The molecule has 0 bridgehead atoms. The van der Waals surface area contributed by atoms with Gasteiger partial charge in [-0.1, -0.05) is 45.0 Å². The lowest BCUT2D eigenvalue weighted by molar-refractivity contribution is -0.123. The number of carbonyl (C=O) groups excluding carboxylic acids is 4. The Kier molecular flexibility index (Phi) is 5.52. The lowest BCUT2D eigenvalue weighted by Gasteiger charge is -2.18. The number of rotatable bonds is 5. The van der Waals surface area contributed by atoms with Crippen molar-refractivity contribution in [3.8, 4) is 0 Å². The number of Topliss-reactive ketones (excluding diaryl/α,β-unsaturated/α-hetero) is 1. The first-order valence-corrected chi connectivity index (χ1v) is 10.1. The number of ketones is 3. The lowest BCUT2D eigenvalue weighted by atomic mass is 9.84. The van der Waals surface area contributed by atoms with E-state index < -0.39 is 5.41 Å². The van der Waals surface area contributed by atoms with Gasteiger partial charge in [-0.25, -0.2) is 0 Å². The van der Waals surface area contributed by atoms with Crippen LogP contribution >= 0.6 is 11.8 Å². The van der Waals surface area contributed by atoms with Gasteiger partial charge in [0.25, 0.3) is 0 Å². The van der Waals surface area contributed by atoms with Crippen LogP contribution in [0.5, 0.6) is 0 Å². The Morgan fingerprint density at radius 3 is 2.04 bits per heavy atom. The quantitative estimate of drug-likeness (QED) is 0.712. The van der Waals surface area contributed by atoms with Crippen LogP contribution in [0.15, 0.2) is 42.5 Å². The van der Waals surface area contributed by atoms with Crippen molar-refractivity contribution in [1.82, 2.24) is 0 Å². The Hall–Kier alpha value is -2.73. The molecule has 5 nitrogen and oxygen atoms in total. The molecule has 0 saturated heterocycles. The second-order valence-corrected chi connectivity index (χ2v) is 8.66. The summed E-state index contributed by atoms with van der Waals surface area (Å²) < 4.78 is 0. The molecule has 6 heteroatoms. The predicted molar refractivity (Wildman–Crippen MR) is 110 cm³/mol. The minimum Gasteiger partial charge on any atom is -0.325 e. The highest BCUT2D eigenvalue weighted by atomic mass is 32.2. The van der Waals surface area contributed by atoms with Crippen LogP contribution in [0.2, 0.25) is 0 Å². The number of carbonyl (C=O) groups is 4. The van der Waals surface area contributed by atoms with Gasteiger partial charge in [0.1, 0.15) is 5.78 Å². The smallest absolute Gasteiger partial charge is 0.234 e. The molecule has 1 amide bonds. The van der Waals surface area contributed by atoms with Gasteiger partial charge in [-0.3, -0.25) is 19.2 Å². The fraction of sp³-hybridized carbons (Fsp3) is 0.273. The van der Waals surface area contributed by atoms with Crippen LogP contribution in [-0.4, -0.2) is 34.8 Å². The van der Waals surface area contributed by atoms with Crippen molar-refractivity contribution in [2.75, 3.05) is 16.8 Å². The Morgan fingerprint density at radius 2 is 1.43 bits per heavy atom. The van der Waals surface area contributed by atoms with Gasteiger partial charge < -0.3 is 5.32 Å². The second kappa shape index (κ2) is 7.72. The van der Waals surface area contributed by atoms with E-state index in [0.29, 0.717) is 22.4 Å². The first-order chi connectivity index (χ1) is 13.2. The molecule has 0 radical (unpaired) electrons. The molecule has 0 spiro atoms. The number of hydrogen-bond acceptors (Lipinski definition) is 5. The maximum Gasteiger partial charge on any atom is 0.234 e. The van der Waals surface area contributed by atoms with Crippen LogP contribution in [0.25, 0.3) is 0 Å². The number of nitrogens with one attached hydrogen (secondary N) is 1. The zero-order valence-corrected chi connectivity index (χ0v) is 16.8. The molecule has 0 atom stereocenters. The number of anilines is 1. The number of thioether (sulfide) groups is 1. The van der Waals surface area contributed by atoms with Crippen molar-refractivity contribution in [2.24, 2.45) is 5.41 Å². The SMILES string of the molecule is CC(C)(C)C(=O)CSCC(=O)Nc1ccc2c(c1)C(=O)c1ccccc1C2=O. The van der Waals surface area contributed by atoms with Gasteiger partial charge in [-0.15, -0.1) is 11.8 Å². The first kappa shape index (κ1) is 20.0. The van der Waals surface area contributed by atoms with Gasteiger partial charge in [-0.2, -0.15) is 0 Å². The Balaban J connectivity index is 1.69. The summed E-state index contributed by atoms with van der Waals surface area (Å²) in [6.07, 6.45) is 0. The average molecular weight is 395 g/mol. The highest BCUT2D eigenvalue weighted by molar-refractivity contribution is 8.00. The summed E-state index contributed by atoms with van der Waals surface area (Å²) in [5.41, 5.74) is 1.43. The molecular weight excluding hydrogens is 374 g/mol. The number of fused-ring (bicyclic) bond motifs is 2. The van der Waals surface area contributed by atoms with Gasteiger partial charge in [0.15, 0.2) is 11.6 Å². The van der Waals surface area contributed by atoms with Gasteiger partial charge in [0.05, 0.1) is 11.5 Å². The highest BCUT2D eigenvalue weighted by Gasteiger charge is 2.29. The average Bonchev–Trinajstić information content (AvgIpc) is 2.65. The Bertz CT molecular complexity index is 988. The Labute approximate surface area is 167 Å². The van der Waals surface area contributed by atoms with Crippen LogP contribution in [0, 0.1) is 5.41 Å². The van der Waals surface area contributed by atoms with E-state index in [1.165, 1.54) is 17.8 Å². The molecular formula is C22H21NO4S. The molecule has 0 fully saturated rings. The Morgan fingerprint density at radius 1 is 0.857 bits per heavy atom. The lowest BCUT2D eigenvalue weighted by Crippen LogP contribution is -2.24. The summed E-state index contributed by atoms with van der Waals surface area (Å²) in [4.78, 5) is 49.4. The monoisotopic (exact) mass is 395 g/mol. The normalized spacial score (nSPS) is 13.0. The fourth-order valence-corrected chi connectivity index (χ4v) is 3.81. The minimum atomic E-state index is -0.425. The van der Waals surface area contributed by atoms with E-state index >= 15 is 0 Å². The molecule has 0 aromatic heterocycles. The van der Waals surface area contributed by atoms with E-state index in [0.717, 1.165) is 0 Å². The van der Waals surface area contributed by atoms with Crippen LogP contribution < -0.4 is 5.32 Å². The molecule has 1 aliphatic carbocycles.